The highest BCUT2D eigenvalue weighted by atomic mass is 32.1. The minimum atomic E-state index is 0. The summed E-state index contributed by atoms with van der Waals surface area (Å²) >= 11 is 0. The molecule has 9 rings (SSSR count). The molecule has 0 aliphatic carbocycles. The monoisotopic (exact) mass is 594 g/mol. The van der Waals surface area contributed by atoms with E-state index >= 15 is 0 Å². The van der Waals surface area contributed by atoms with Crippen LogP contribution >= 0.6 is 13.5 Å². The summed E-state index contributed by atoms with van der Waals surface area (Å²) in [7, 11) is 0. The number of hydrogen-bond acceptors (Lipinski definition) is 0. The molecule has 0 aliphatic rings. The minimum absolute atomic E-state index is 0. The van der Waals surface area contributed by atoms with Gasteiger partial charge >= 0.3 is 0 Å². The van der Waals surface area contributed by atoms with E-state index in [1.807, 2.05) is 0 Å². The number of fused-ring (bicyclic) bond motifs is 6. The first kappa shape index (κ1) is 27.1. The van der Waals surface area contributed by atoms with E-state index in [9.17, 15) is 0 Å². The van der Waals surface area contributed by atoms with E-state index in [0.29, 0.717) is 0 Å². The van der Waals surface area contributed by atoms with E-state index in [1.54, 1.807) is 0 Å². The number of aromatic nitrogens is 2. The van der Waals surface area contributed by atoms with Crippen molar-refractivity contribution in [2.75, 3.05) is 0 Å². The third-order valence-electron chi connectivity index (χ3n) is 8.90. The van der Waals surface area contributed by atoms with Crippen LogP contribution in [-0.2, 0) is 0 Å². The summed E-state index contributed by atoms with van der Waals surface area (Å²) in [5.74, 6) is 0. The van der Waals surface area contributed by atoms with Gasteiger partial charge in [-0.1, -0.05) is 109 Å². The Balaban J connectivity index is 0.00000300. The molecule has 2 aromatic heterocycles. The molecule has 0 amide bonds. The number of nitrogens with zero attached hydrogens (tertiary/aromatic N) is 2. The van der Waals surface area contributed by atoms with Crippen molar-refractivity contribution >= 4 is 57.1 Å². The zero-order valence-electron chi connectivity index (χ0n) is 24.6. The van der Waals surface area contributed by atoms with Crippen LogP contribution in [0.4, 0.5) is 0 Å². The molecule has 0 saturated heterocycles. The van der Waals surface area contributed by atoms with Gasteiger partial charge in [0.05, 0.1) is 22.1 Å². The van der Waals surface area contributed by atoms with Gasteiger partial charge in [0.15, 0.2) is 0 Å². The molecule has 214 valence electrons. The number of para-hydroxylation sites is 3. The van der Waals surface area contributed by atoms with Gasteiger partial charge in [0.25, 0.3) is 0 Å². The zero-order chi connectivity index (χ0) is 29.0. The van der Waals surface area contributed by atoms with E-state index in [2.05, 4.69) is 179 Å². The quantitative estimate of drug-likeness (QED) is 0.192. The average Bonchev–Trinajstić information content (AvgIpc) is 3.61. The van der Waals surface area contributed by atoms with Crippen LogP contribution in [-0.4, -0.2) is 9.13 Å². The van der Waals surface area contributed by atoms with Crippen LogP contribution in [0.5, 0.6) is 0 Å². The summed E-state index contributed by atoms with van der Waals surface area (Å²) < 4.78 is 4.77. The van der Waals surface area contributed by atoms with Gasteiger partial charge in [-0.05, 0) is 82.9 Å². The Labute approximate surface area is 268 Å². The van der Waals surface area contributed by atoms with Crippen LogP contribution in [0.1, 0.15) is 0 Å². The molecule has 0 atom stereocenters. The Morgan fingerprint density at radius 2 is 0.689 bits per heavy atom. The van der Waals surface area contributed by atoms with Crippen molar-refractivity contribution in [1.82, 2.24) is 9.13 Å². The van der Waals surface area contributed by atoms with Crippen molar-refractivity contribution in [3.8, 4) is 33.6 Å². The van der Waals surface area contributed by atoms with Crippen molar-refractivity contribution < 1.29 is 0 Å². The lowest BCUT2D eigenvalue weighted by atomic mass is 10.0. The maximum Gasteiger partial charge on any atom is 0.0541 e. The van der Waals surface area contributed by atoms with E-state index in [1.165, 1.54) is 71.6 Å². The normalized spacial score (nSPS) is 11.4. The highest BCUT2D eigenvalue weighted by Crippen LogP contribution is 2.38. The van der Waals surface area contributed by atoms with Crippen LogP contribution in [0.3, 0.4) is 0 Å². The molecule has 2 nitrogen and oxygen atoms in total. The summed E-state index contributed by atoms with van der Waals surface area (Å²) in [5, 5.41) is 5.06. The van der Waals surface area contributed by atoms with Gasteiger partial charge in [-0.3, -0.25) is 0 Å². The summed E-state index contributed by atoms with van der Waals surface area (Å²) in [5.41, 5.74) is 12.1. The van der Waals surface area contributed by atoms with Crippen molar-refractivity contribution in [3.05, 3.63) is 170 Å². The molecule has 7 aromatic carbocycles. The Morgan fingerprint density at radius 3 is 1.31 bits per heavy atom. The van der Waals surface area contributed by atoms with E-state index in [4.69, 9.17) is 0 Å². The molecule has 45 heavy (non-hydrogen) atoms. The molecule has 0 bridgehead atoms. The van der Waals surface area contributed by atoms with Crippen molar-refractivity contribution in [2.24, 2.45) is 0 Å². The average molecular weight is 595 g/mol. The molecule has 0 radical (unpaired) electrons. The SMILES string of the molecule is S.c1ccc(-c2ccc3c(c2)c2ccccc2n3-c2cccc(-c3ccc4c(c3)c3ccccc3n4-c3ccccc3)c2)cc1. The zero-order valence-corrected chi connectivity index (χ0v) is 25.6. The predicted molar refractivity (Wildman–Crippen MR) is 196 cm³/mol. The summed E-state index contributed by atoms with van der Waals surface area (Å²) in [6, 6.07) is 61.4. The lowest BCUT2D eigenvalue weighted by Crippen LogP contribution is -1.94. The summed E-state index contributed by atoms with van der Waals surface area (Å²) in [6.07, 6.45) is 0. The molecule has 0 N–H and O–H groups in total. The van der Waals surface area contributed by atoms with E-state index < -0.39 is 0 Å². The fourth-order valence-electron chi connectivity index (χ4n) is 6.89. The fraction of sp³-hybridized carbons (Fsp3) is 0. The number of rotatable bonds is 4. The van der Waals surface area contributed by atoms with Gasteiger partial charge in [-0.15, -0.1) is 0 Å². The molecular weight excluding hydrogens is 565 g/mol. The number of hydrogen-bond donors (Lipinski definition) is 0. The Hall–Kier alpha value is -5.51. The van der Waals surface area contributed by atoms with Gasteiger partial charge in [0, 0.05) is 32.9 Å². The fourth-order valence-corrected chi connectivity index (χ4v) is 6.89. The Bertz CT molecular complexity index is 2490. The highest BCUT2D eigenvalue weighted by molar-refractivity contribution is 7.59. The van der Waals surface area contributed by atoms with Crippen LogP contribution in [0, 0.1) is 0 Å². The predicted octanol–water partition coefficient (Wildman–Crippen LogP) is 11.3. The third kappa shape index (κ3) is 4.35. The van der Waals surface area contributed by atoms with Crippen molar-refractivity contribution in [3.63, 3.8) is 0 Å². The highest BCUT2D eigenvalue weighted by Gasteiger charge is 2.15. The summed E-state index contributed by atoms with van der Waals surface area (Å²) in [4.78, 5) is 0. The van der Waals surface area contributed by atoms with Crippen LogP contribution in [0.2, 0.25) is 0 Å². The van der Waals surface area contributed by atoms with Crippen molar-refractivity contribution in [2.45, 2.75) is 0 Å². The van der Waals surface area contributed by atoms with Gasteiger partial charge < -0.3 is 9.13 Å². The molecule has 0 saturated carbocycles. The lowest BCUT2D eigenvalue weighted by Gasteiger charge is -2.11. The van der Waals surface area contributed by atoms with Crippen LogP contribution in [0.15, 0.2) is 170 Å². The molecular formula is C42H30N2S. The Kier molecular flexibility index (Phi) is 6.55. The topological polar surface area (TPSA) is 9.86 Å². The first-order valence-corrected chi connectivity index (χ1v) is 15.1. The lowest BCUT2D eigenvalue weighted by molar-refractivity contribution is 1.18. The smallest absolute Gasteiger partial charge is 0.0541 e. The van der Waals surface area contributed by atoms with Gasteiger partial charge in [-0.25, -0.2) is 0 Å². The van der Waals surface area contributed by atoms with Crippen LogP contribution < -0.4 is 0 Å². The first-order chi connectivity index (χ1) is 21.8. The third-order valence-corrected chi connectivity index (χ3v) is 8.90. The molecule has 0 unspecified atom stereocenters. The molecule has 0 aliphatic heterocycles. The van der Waals surface area contributed by atoms with Crippen molar-refractivity contribution in [1.29, 1.82) is 0 Å². The molecule has 0 fully saturated rings. The molecule has 0 spiro atoms. The second-order valence-corrected chi connectivity index (χ2v) is 11.4. The van der Waals surface area contributed by atoms with Crippen LogP contribution in [0.25, 0.3) is 77.2 Å². The van der Waals surface area contributed by atoms with E-state index in [-0.39, 0.29) is 13.5 Å². The second-order valence-electron chi connectivity index (χ2n) is 11.4. The summed E-state index contributed by atoms with van der Waals surface area (Å²) in [6.45, 7) is 0. The maximum atomic E-state index is 2.41. The van der Waals surface area contributed by atoms with Gasteiger partial charge in [0.1, 0.15) is 0 Å². The maximum absolute atomic E-state index is 2.41. The van der Waals surface area contributed by atoms with Gasteiger partial charge in [-0.2, -0.15) is 13.5 Å². The van der Waals surface area contributed by atoms with E-state index in [0.717, 1.165) is 5.69 Å². The standard InChI is InChI=1S/C42H28N2.H2S/c1-3-12-29(13-4-1)31-22-24-42-37(27-31)36-19-8-10-21-40(36)44(42)34-17-11-14-30(26-34)32-23-25-41-38(28-32)35-18-7-9-20-39(35)43(41)33-15-5-2-6-16-33;/h1-28H;1H2. The second kappa shape index (κ2) is 10.9. The Morgan fingerprint density at radius 1 is 0.267 bits per heavy atom. The van der Waals surface area contributed by atoms with Gasteiger partial charge in [0.2, 0.25) is 0 Å². The number of benzene rings is 7. The molecule has 3 heteroatoms. The molecule has 2 heterocycles. The molecule has 9 aromatic rings. The first-order valence-electron chi connectivity index (χ1n) is 15.1. The minimum Gasteiger partial charge on any atom is -0.309 e. The largest absolute Gasteiger partial charge is 0.309 e.